The van der Waals surface area contributed by atoms with Gasteiger partial charge in [0, 0.05) is 6.04 Å². The maximum atomic E-state index is 5.74. The Balaban J connectivity index is 1.60. The van der Waals surface area contributed by atoms with Crippen molar-refractivity contribution in [2.75, 3.05) is 0 Å². The van der Waals surface area contributed by atoms with Crippen LogP contribution in [-0.4, -0.2) is 6.04 Å². The Hall–Kier alpha value is -0.0800. The molecule has 4 atom stereocenters. The van der Waals surface area contributed by atoms with Crippen molar-refractivity contribution < 1.29 is 0 Å². The Labute approximate surface area is 113 Å². The SMILES string of the molecule is CCCCCCCC(CC1CC2CCC1C2)NN. The first-order valence-electron chi connectivity index (χ1n) is 8.29. The van der Waals surface area contributed by atoms with E-state index in [2.05, 4.69) is 12.3 Å². The first-order valence-corrected chi connectivity index (χ1v) is 8.29. The van der Waals surface area contributed by atoms with Crippen molar-refractivity contribution in [1.82, 2.24) is 5.43 Å². The van der Waals surface area contributed by atoms with E-state index in [4.69, 9.17) is 5.84 Å². The van der Waals surface area contributed by atoms with Crippen LogP contribution in [0.3, 0.4) is 0 Å². The molecule has 0 radical (unpaired) electrons. The molecule has 106 valence electrons. The highest BCUT2D eigenvalue weighted by Crippen LogP contribution is 2.50. The van der Waals surface area contributed by atoms with E-state index in [9.17, 15) is 0 Å². The molecule has 2 aliphatic rings. The summed E-state index contributed by atoms with van der Waals surface area (Å²) < 4.78 is 0. The minimum atomic E-state index is 0.580. The van der Waals surface area contributed by atoms with Gasteiger partial charge in [0.15, 0.2) is 0 Å². The van der Waals surface area contributed by atoms with E-state index in [1.54, 1.807) is 0 Å². The van der Waals surface area contributed by atoms with E-state index in [0.717, 1.165) is 17.8 Å². The van der Waals surface area contributed by atoms with Gasteiger partial charge >= 0.3 is 0 Å². The predicted octanol–water partition coefficient (Wildman–Crippen LogP) is 4.01. The molecule has 3 N–H and O–H groups in total. The first kappa shape index (κ1) is 14.3. The summed E-state index contributed by atoms with van der Waals surface area (Å²) in [7, 11) is 0. The predicted molar refractivity (Wildman–Crippen MR) is 78.0 cm³/mol. The van der Waals surface area contributed by atoms with Gasteiger partial charge in [-0.1, -0.05) is 45.4 Å². The molecule has 2 rings (SSSR count). The molecule has 0 saturated heterocycles. The standard InChI is InChI=1S/C16H32N2/c1-2-3-4-5-6-7-16(18-17)12-15-11-13-8-9-14(15)10-13/h13-16,18H,2-12,17H2,1H3. The van der Waals surface area contributed by atoms with Crippen molar-refractivity contribution >= 4 is 0 Å². The van der Waals surface area contributed by atoms with E-state index in [1.165, 1.54) is 70.6 Å². The Morgan fingerprint density at radius 3 is 2.56 bits per heavy atom. The van der Waals surface area contributed by atoms with E-state index in [1.807, 2.05) is 0 Å². The minimum absolute atomic E-state index is 0.580. The average Bonchev–Trinajstić information content (AvgIpc) is 2.99. The van der Waals surface area contributed by atoms with Gasteiger partial charge in [0.1, 0.15) is 0 Å². The second-order valence-electron chi connectivity index (χ2n) is 6.74. The van der Waals surface area contributed by atoms with Crippen molar-refractivity contribution in [2.24, 2.45) is 23.6 Å². The third-order valence-corrected chi connectivity index (χ3v) is 5.36. The monoisotopic (exact) mass is 252 g/mol. The Bertz CT molecular complexity index is 229. The van der Waals surface area contributed by atoms with Gasteiger partial charge in [-0.3, -0.25) is 11.3 Å². The van der Waals surface area contributed by atoms with Crippen molar-refractivity contribution in [3.05, 3.63) is 0 Å². The summed E-state index contributed by atoms with van der Waals surface area (Å²) in [5, 5.41) is 0. The molecule has 2 saturated carbocycles. The van der Waals surface area contributed by atoms with Crippen LogP contribution in [0.4, 0.5) is 0 Å². The summed E-state index contributed by atoms with van der Waals surface area (Å²) in [6.45, 7) is 2.28. The topological polar surface area (TPSA) is 38.0 Å². The number of nitrogens with one attached hydrogen (secondary N) is 1. The Morgan fingerprint density at radius 2 is 1.94 bits per heavy atom. The zero-order chi connectivity index (χ0) is 12.8. The lowest BCUT2D eigenvalue weighted by molar-refractivity contribution is 0.269. The Morgan fingerprint density at radius 1 is 1.11 bits per heavy atom. The lowest BCUT2D eigenvalue weighted by Gasteiger charge is -2.26. The third kappa shape index (κ3) is 3.96. The van der Waals surface area contributed by atoms with Crippen molar-refractivity contribution in [3.63, 3.8) is 0 Å². The highest BCUT2D eigenvalue weighted by atomic mass is 15.2. The van der Waals surface area contributed by atoms with Crippen LogP contribution in [0.5, 0.6) is 0 Å². The van der Waals surface area contributed by atoms with Crippen LogP contribution in [0.25, 0.3) is 0 Å². The van der Waals surface area contributed by atoms with Crippen molar-refractivity contribution in [3.8, 4) is 0 Å². The molecular formula is C16H32N2. The molecule has 2 heteroatoms. The van der Waals surface area contributed by atoms with Gasteiger partial charge in [0.2, 0.25) is 0 Å². The fourth-order valence-corrected chi connectivity index (χ4v) is 4.29. The number of hydrogen-bond donors (Lipinski definition) is 2. The highest BCUT2D eigenvalue weighted by Gasteiger charge is 2.39. The molecule has 2 fully saturated rings. The van der Waals surface area contributed by atoms with Crippen LogP contribution in [-0.2, 0) is 0 Å². The zero-order valence-electron chi connectivity index (χ0n) is 12.2. The number of hydrogen-bond acceptors (Lipinski definition) is 2. The van der Waals surface area contributed by atoms with Gasteiger partial charge in [-0.15, -0.1) is 0 Å². The second kappa shape index (κ2) is 7.49. The van der Waals surface area contributed by atoms with E-state index < -0.39 is 0 Å². The van der Waals surface area contributed by atoms with Gasteiger partial charge in [-0.25, -0.2) is 0 Å². The number of fused-ring (bicyclic) bond motifs is 2. The molecule has 0 aliphatic heterocycles. The van der Waals surface area contributed by atoms with Crippen LogP contribution < -0.4 is 11.3 Å². The molecule has 0 amide bonds. The molecule has 4 unspecified atom stereocenters. The molecule has 0 aromatic carbocycles. The van der Waals surface area contributed by atoms with E-state index in [0.29, 0.717) is 6.04 Å². The average molecular weight is 252 g/mol. The summed E-state index contributed by atoms with van der Waals surface area (Å²) in [6, 6.07) is 0.580. The summed E-state index contributed by atoms with van der Waals surface area (Å²) in [5.41, 5.74) is 3.08. The lowest BCUT2D eigenvalue weighted by atomic mass is 9.83. The van der Waals surface area contributed by atoms with Gasteiger partial charge in [0.25, 0.3) is 0 Å². The first-order chi connectivity index (χ1) is 8.83. The lowest BCUT2D eigenvalue weighted by Crippen LogP contribution is -2.37. The number of hydrazine groups is 1. The van der Waals surface area contributed by atoms with Crippen molar-refractivity contribution in [2.45, 2.75) is 83.6 Å². The van der Waals surface area contributed by atoms with Gasteiger partial charge in [0.05, 0.1) is 0 Å². The van der Waals surface area contributed by atoms with Gasteiger partial charge < -0.3 is 0 Å². The fourth-order valence-electron chi connectivity index (χ4n) is 4.29. The summed E-state index contributed by atoms with van der Waals surface area (Å²) in [4.78, 5) is 0. The van der Waals surface area contributed by atoms with Gasteiger partial charge in [-0.05, 0) is 49.9 Å². The van der Waals surface area contributed by atoms with Crippen molar-refractivity contribution in [1.29, 1.82) is 0 Å². The quantitative estimate of drug-likeness (QED) is 0.370. The molecule has 0 aromatic heterocycles. The molecule has 2 bridgehead atoms. The third-order valence-electron chi connectivity index (χ3n) is 5.36. The summed E-state index contributed by atoms with van der Waals surface area (Å²) >= 11 is 0. The van der Waals surface area contributed by atoms with E-state index in [-0.39, 0.29) is 0 Å². The molecule has 0 heterocycles. The summed E-state index contributed by atoms with van der Waals surface area (Å²) in [5.74, 6) is 8.85. The van der Waals surface area contributed by atoms with Crippen LogP contribution in [0.2, 0.25) is 0 Å². The molecule has 2 nitrogen and oxygen atoms in total. The van der Waals surface area contributed by atoms with Crippen LogP contribution in [0, 0.1) is 17.8 Å². The minimum Gasteiger partial charge on any atom is -0.271 e. The number of unbranched alkanes of at least 4 members (excludes halogenated alkanes) is 4. The number of rotatable bonds is 9. The molecule has 0 spiro atoms. The second-order valence-corrected chi connectivity index (χ2v) is 6.74. The van der Waals surface area contributed by atoms with Crippen LogP contribution >= 0.6 is 0 Å². The zero-order valence-corrected chi connectivity index (χ0v) is 12.2. The fraction of sp³-hybridized carbons (Fsp3) is 1.00. The highest BCUT2D eigenvalue weighted by molar-refractivity contribution is 4.91. The smallest absolute Gasteiger partial charge is 0.0213 e. The Kier molecular flexibility index (Phi) is 5.97. The summed E-state index contributed by atoms with van der Waals surface area (Å²) in [6.07, 6.45) is 15.6. The normalized spacial score (nSPS) is 32.0. The molecular weight excluding hydrogens is 220 g/mol. The van der Waals surface area contributed by atoms with E-state index >= 15 is 0 Å². The molecule has 2 aliphatic carbocycles. The molecule has 18 heavy (non-hydrogen) atoms. The largest absolute Gasteiger partial charge is 0.271 e. The maximum Gasteiger partial charge on any atom is 0.0213 e. The van der Waals surface area contributed by atoms with Crippen LogP contribution in [0.1, 0.15) is 77.6 Å². The van der Waals surface area contributed by atoms with Crippen LogP contribution in [0.15, 0.2) is 0 Å². The number of nitrogens with two attached hydrogens (primary N) is 1. The maximum absolute atomic E-state index is 5.74. The molecule has 0 aromatic rings. The van der Waals surface area contributed by atoms with Gasteiger partial charge in [-0.2, -0.15) is 0 Å².